The van der Waals surface area contributed by atoms with E-state index < -0.39 is 28.0 Å². The molecule has 0 fully saturated rings. The van der Waals surface area contributed by atoms with Crippen molar-refractivity contribution in [3.8, 4) is 5.75 Å². The molecule has 1 rings (SSSR count). The highest BCUT2D eigenvalue weighted by atomic mass is 32.2. The fourth-order valence-corrected chi connectivity index (χ4v) is 3.47. The number of methoxy groups -OCH3 is 1. The second-order valence-corrected chi connectivity index (χ2v) is 7.50. The van der Waals surface area contributed by atoms with Gasteiger partial charge in [-0.25, -0.2) is 8.42 Å². The third-order valence-corrected chi connectivity index (χ3v) is 5.01. The molecule has 0 aliphatic rings. The molecule has 0 bridgehead atoms. The molecule has 1 amide bonds. The Hall–Kier alpha value is -2.13. The average molecular weight is 372 g/mol. The van der Waals surface area contributed by atoms with Gasteiger partial charge in [0.2, 0.25) is 15.9 Å². The number of aliphatic carboxylic acids is 1. The Labute approximate surface area is 147 Å². The summed E-state index contributed by atoms with van der Waals surface area (Å²) in [6.07, 6.45) is 0.302. The van der Waals surface area contributed by atoms with Gasteiger partial charge >= 0.3 is 5.97 Å². The maximum atomic E-state index is 12.5. The van der Waals surface area contributed by atoms with Gasteiger partial charge in [0.25, 0.3) is 0 Å². The Morgan fingerprint density at radius 1 is 1.28 bits per heavy atom. The quantitative estimate of drug-likeness (QED) is 0.597. The Morgan fingerprint density at radius 2 is 1.92 bits per heavy atom. The smallest absolute Gasteiger partial charge is 0.322 e. The molecular weight excluding hydrogens is 348 g/mol. The molecule has 1 aromatic carbocycles. The first-order valence-electron chi connectivity index (χ1n) is 7.81. The van der Waals surface area contributed by atoms with Crippen molar-refractivity contribution in [2.75, 3.05) is 7.11 Å². The lowest BCUT2D eigenvalue weighted by molar-refractivity contribution is -0.140. The van der Waals surface area contributed by atoms with E-state index in [1.165, 1.54) is 25.3 Å². The van der Waals surface area contributed by atoms with Crippen LogP contribution in [0.1, 0.15) is 32.8 Å². The van der Waals surface area contributed by atoms with Gasteiger partial charge in [0.1, 0.15) is 11.8 Å². The number of benzene rings is 1. The van der Waals surface area contributed by atoms with Gasteiger partial charge in [-0.05, 0) is 24.1 Å². The van der Waals surface area contributed by atoms with Crippen LogP contribution >= 0.6 is 0 Å². The van der Waals surface area contributed by atoms with Crippen LogP contribution in [-0.4, -0.2) is 38.6 Å². The molecule has 0 radical (unpaired) electrons. The van der Waals surface area contributed by atoms with Gasteiger partial charge in [0.05, 0.1) is 12.0 Å². The molecule has 0 aromatic heterocycles. The van der Waals surface area contributed by atoms with Crippen LogP contribution in [0.15, 0.2) is 23.1 Å². The number of rotatable bonds is 9. The molecular formula is C16H24N2O6S. The van der Waals surface area contributed by atoms with E-state index in [1.807, 2.05) is 0 Å². The molecule has 9 heteroatoms. The summed E-state index contributed by atoms with van der Waals surface area (Å²) in [5, 5.41) is 11.8. The molecule has 8 nitrogen and oxygen atoms in total. The van der Waals surface area contributed by atoms with Crippen molar-refractivity contribution in [1.29, 1.82) is 0 Å². The van der Waals surface area contributed by atoms with E-state index in [0.29, 0.717) is 17.7 Å². The van der Waals surface area contributed by atoms with Crippen molar-refractivity contribution in [2.45, 2.75) is 44.7 Å². The molecule has 0 aliphatic heterocycles. The van der Waals surface area contributed by atoms with Gasteiger partial charge < -0.3 is 15.2 Å². The number of hydrogen-bond donors (Lipinski definition) is 3. The van der Waals surface area contributed by atoms with Gasteiger partial charge in [-0.2, -0.15) is 4.72 Å². The van der Waals surface area contributed by atoms with Crippen molar-refractivity contribution >= 4 is 21.9 Å². The van der Waals surface area contributed by atoms with E-state index >= 15 is 0 Å². The monoisotopic (exact) mass is 372 g/mol. The van der Waals surface area contributed by atoms with E-state index in [9.17, 15) is 18.0 Å². The Bertz CT molecular complexity index is 730. The number of sulfonamides is 1. The third kappa shape index (κ3) is 5.71. The van der Waals surface area contributed by atoms with E-state index in [2.05, 4.69) is 10.0 Å². The zero-order valence-corrected chi connectivity index (χ0v) is 15.5. The minimum Gasteiger partial charge on any atom is -0.496 e. The van der Waals surface area contributed by atoms with Gasteiger partial charge in [-0.1, -0.05) is 20.8 Å². The first-order valence-corrected chi connectivity index (χ1v) is 9.29. The summed E-state index contributed by atoms with van der Waals surface area (Å²) in [6.45, 7) is 5.03. The average Bonchev–Trinajstić information content (AvgIpc) is 2.56. The first kappa shape index (κ1) is 20.9. The second-order valence-electron chi connectivity index (χ2n) is 5.79. The fraction of sp³-hybridized carbons (Fsp3) is 0.500. The lowest BCUT2D eigenvalue weighted by atomic mass is 10.1. The van der Waals surface area contributed by atoms with Crippen LogP contribution in [-0.2, 0) is 26.2 Å². The molecule has 0 heterocycles. The largest absolute Gasteiger partial charge is 0.496 e. The van der Waals surface area contributed by atoms with E-state index in [-0.39, 0.29) is 17.3 Å². The minimum atomic E-state index is -4.04. The number of carboxylic acids is 1. The van der Waals surface area contributed by atoms with Gasteiger partial charge in [0.15, 0.2) is 0 Å². The summed E-state index contributed by atoms with van der Waals surface area (Å²) >= 11 is 0. The maximum Gasteiger partial charge on any atom is 0.322 e. The van der Waals surface area contributed by atoms with Gasteiger partial charge in [0, 0.05) is 18.5 Å². The Morgan fingerprint density at radius 3 is 2.40 bits per heavy atom. The van der Waals surface area contributed by atoms with Crippen LogP contribution < -0.4 is 14.8 Å². The summed E-state index contributed by atoms with van der Waals surface area (Å²) in [7, 11) is -2.60. The predicted octanol–water partition coefficient (Wildman–Crippen LogP) is 1.11. The topological polar surface area (TPSA) is 122 Å². The molecule has 140 valence electrons. The zero-order valence-electron chi connectivity index (χ0n) is 14.7. The highest BCUT2D eigenvalue weighted by Gasteiger charge is 2.28. The molecule has 0 unspecified atom stereocenters. The molecule has 25 heavy (non-hydrogen) atoms. The number of carboxylic acid groups (broad SMARTS) is 1. The number of amides is 1. The highest BCUT2D eigenvalue weighted by Crippen LogP contribution is 2.23. The molecule has 0 saturated carbocycles. The molecule has 1 aromatic rings. The van der Waals surface area contributed by atoms with E-state index in [1.54, 1.807) is 20.8 Å². The number of nitrogens with one attached hydrogen (secondary N) is 2. The minimum absolute atomic E-state index is 0.0963. The SMILES string of the molecule is CCC(=O)NCc1cc(S(=O)(=O)N[C@H](C(=O)O)C(C)C)ccc1OC. The van der Waals surface area contributed by atoms with Crippen LogP contribution in [0, 0.1) is 5.92 Å². The van der Waals surface area contributed by atoms with Crippen LogP contribution in [0.25, 0.3) is 0 Å². The van der Waals surface area contributed by atoms with Crippen molar-refractivity contribution < 1.29 is 27.9 Å². The van der Waals surface area contributed by atoms with Crippen molar-refractivity contribution in [3.63, 3.8) is 0 Å². The van der Waals surface area contributed by atoms with Gasteiger partial charge in [-0.3, -0.25) is 9.59 Å². The van der Waals surface area contributed by atoms with Crippen LogP contribution in [0.2, 0.25) is 0 Å². The summed E-state index contributed by atoms with van der Waals surface area (Å²) in [5.74, 6) is -1.43. The Balaban J connectivity index is 3.14. The number of carbonyl (C=O) groups excluding carboxylic acids is 1. The second kappa shape index (κ2) is 8.82. The van der Waals surface area contributed by atoms with E-state index in [4.69, 9.17) is 9.84 Å². The zero-order chi connectivity index (χ0) is 19.2. The van der Waals surface area contributed by atoms with Crippen molar-refractivity contribution in [3.05, 3.63) is 23.8 Å². The van der Waals surface area contributed by atoms with Crippen LogP contribution in [0.3, 0.4) is 0 Å². The number of ether oxygens (including phenoxy) is 1. The van der Waals surface area contributed by atoms with Gasteiger partial charge in [-0.15, -0.1) is 0 Å². The normalized spacial score (nSPS) is 12.7. The summed E-state index contributed by atoms with van der Waals surface area (Å²) in [4.78, 5) is 22.6. The number of carbonyl (C=O) groups is 2. The summed E-state index contributed by atoms with van der Waals surface area (Å²) < 4.78 is 32.4. The molecule has 1 atom stereocenters. The lowest BCUT2D eigenvalue weighted by Gasteiger charge is -2.18. The molecule has 3 N–H and O–H groups in total. The molecule has 0 saturated heterocycles. The Kier molecular flexibility index (Phi) is 7.38. The molecule has 0 aliphatic carbocycles. The third-order valence-electron chi connectivity index (χ3n) is 3.57. The lowest BCUT2D eigenvalue weighted by Crippen LogP contribution is -2.44. The molecule has 0 spiro atoms. The fourth-order valence-electron chi connectivity index (χ4n) is 2.09. The predicted molar refractivity (Wildman–Crippen MR) is 91.7 cm³/mol. The first-order chi connectivity index (χ1) is 11.6. The van der Waals surface area contributed by atoms with Crippen molar-refractivity contribution in [2.24, 2.45) is 5.92 Å². The van der Waals surface area contributed by atoms with Crippen molar-refractivity contribution in [1.82, 2.24) is 10.0 Å². The van der Waals surface area contributed by atoms with Crippen LogP contribution in [0.5, 0.6) is 5.75 Å². The number of hydrogen-bond acceptors (Lipinski definition) is 5. The van der Waals surface area contributed by atoms with Crippen LogP contribution in [0.4, 0.5) is 0 Å². The standard InChI is InChI=1S/C16H24N2O6S/c1-5-14(19)17-9-11-8-12(6-7-13(11)24-4)25(22,23)18-15(10(2)3)16(20)21/h6-8,10,15,18H,5,9H2,1-4H3,(H,17,19)(H,20,21)/t15-/m0/s1. The highest BCUT2D eigenvalue weighted by molar-refractivity contribution is 7.89. The van der Waals surface area contributed by atoms with E-state index in [0.717, 1.165) is 0 Å². The maximum absolute atomic E-state index is 12.5. The summed E-state index contributed by atoms with van der Waals surface area (Å²) in [6, 6.07) is 2.91. The summed E-state index contributed by atoms with van der Waals surface area (Å²) in [5.41, 5.74) is 0.476.